The number of carbonyl (C=O) groups excluding carboxylic acids is 1. The van der Waals surface area contributed by atoms with Crippen LogP contribution in [0.15, 0.2) is 16.6 Å². The number of methoxy groups -OCH3 is 1. The van der Waals surface area contributed by atoms with Crippen LogP contribution in [0.25, 0.3) is 0 Å². The van der Waals surface area contributed by atoms with E-state index in [9.17, 15) is 9.18 Å². The molecule has 13 heavy (non-hydrogen) atoms. The molecule has 0 unspecified atom stereocenters. The first-order valence-corrected chi connectivity index (χ1v) is 5.16. The fourth-order valence-corrected chi connectivity index (χ4v) is 2.25. The standard InChI is InChI=1S/C8H5BrFIO2/c1-13-8(12)4-2-6(10)5(9)3-7(4)11/h2-3H,1H3. The van der Waals surface area contributed by atoms with E-state index in [1.807, 2.05) is 22.6 Å². The van der Waals surface area contributed by atoms with Crippen molar-refractivity contribution >= 4 is 44.5 Å². The first-order valence-electron chi connectivity index (χ1n) is 3.29. The second-order valence-corrected chi connectivity index (χ2v) is 4.25. The first kappa shape index (κ1) is 10.9. The smallest absolute Gasteiger partial charge is 0.339 e. The molecule has 0 bridgehead atoms. The van der Waals surface area contributed by atoms with Gasteiger partial charge in [-0.05, 0) is 50.7 Å². The maximum absolute atomic E-state index is 13.0. The lowest BCUT2D eigenvalue weighted by Crippen LogP contribution is -2.04. The van der Waals surface area contributed by atoms with Crippen molar-refractivity contribution in [3.63, 3.8) is 0 Å². The van der Waals surface area contributed by atoms with Crippen molar-refractivity contribution < 1.29 is 13.9 Å². The molecule has 5 heteroatoms. The van der Waals surface area contributed by atoms with Crippen molar-refractivity contribution in [3.05, 3.63) is 31.6 Å². The van der Waals surface area contributed by atoms with Crippen LogP contribution in [0.4, 0.5) is 4.39 Å². The normalized spacial score (nSPS) is 9.85. The maximum atomic E-state index is 13.0. The van der Waals surface area contributed by atoms with E-state index in [2.05, 4.69) is 20.7 Å². The highest BCUT2D eigenvalue weighted by molar-refractivity contribution is 14.1. The number of halogens is 3. The minimum atomic E-state index is -0.532. The summed E-state index contributed by atoms with van der Waals surface area (Å²) in [6.45, 7) is 0. The zero-order valence-corrected chi connectivity index (χ0v) is 10.3. The van der Waals surface area contributed by atoms with Gasteiger partial charge in [-0.3, -0.25) is 0 Å². The van der Waals surface area contributed by atoms with E-state index < -0.39 is 11.8 Å². The highest BCUT2D eigenvalue weighted by Gasteiger charge is 2.13. The zero-order chi connectivity index (χ0) is 10.0. The molecule has 1 rings (SSSR count). The van der Waals surface area contributed by atoms with Crippen LogP contribution in [0, 0.1) is 9.39 Å². The fourth-order valence-electron chi connectivity index (χ4n) is 0.789. The van der Waals surface area contributed by atoms with Gasteiger partial charge in [0.05, 0.1) is 17.1 Å². The Morgan fingerprint density at radius 3 is 2.77 bits per heavy atom. The number of ether oxygens (including phenoxy) is 1. The Morgan fingerprint density at radius 1 is 1.62 bits per heavy atom. The van der Waals surface area contributed by atoms with Gasteiger partial charge in [0.15, 0.2) is 0 Å². The van der Waals surface area contributed by atoms with Crippen molar-refractivity contribution in [1.29, 1.82) is 0 Å². The van der Waals surface area contributed by atoms with Crippen molar-refractivity contribution in [3.8, 4) is 0 Å². The summed E-state index contributed by atoms with van der Waals surface area (Å²) >= 11 is 4.96. The Bertz CT molecular complexity index is 354. The molecule has 0 aliphatic heterocycles. The van der Waals surface area contributed by atoms with Crippen LogP contribution in [0.1, 0.15) is 10.4 Å². The number of esters is 1. The highest BCUT2D eigenvalue weighted by Crippen LogP contribution is 2.22. The molecule has 0 atom stereocenters. The molecule has 2 nitrogen and oxygen atoms in total. The van der Waals surface area contributed by atoms with Crippen molar-refractivity contribution in [2.24, 2.45) is 0 Å². The lowest BCUT2D eigenvalue weighted by Gasteiger charge is -2.03. The van der Waals surface area contributed by atoms with Gasteiger partial charge in [0.2, 0.25) is 0 Å². The third kappa shape index (κ3) is 2.40. The van der Waals surface area contributed by atoms with Crippen molar-refractivity contribution in [2.45, 2.75) is 0 Å². The van der Waals surface area contributed by atoms with Gasteiger partial charge in [-0.25, -0.2) is 9.18 Å². The molecule has 0 radical (unpaired) electrons. The molecule has 0 fully saturated rings. The monoisotopic (exact) mass is 358 g/mol. The molecule has 0 amide bonds. The van der Waals surface area contributed by atoms with E-state index in [1.165, 1.54) is 13.2 Å². The predicted octanol–water partition coefficient (Wildman–Crippen LogP) is 2.98. The summed E-state index contributed by atoms with van der Waals surface area (Å²) < 4.78 is 18.5. The largest absolute Gasteiger partial charge is 0.465 e. The molecular weight excluding hydrogens is 354 g/mol. The lowest BCUT2D eigenvalue weighted by atomic mass is 10.2. The second kappa shape index (κ2) is 4.36. The Labute approximate surface area is 96.7 Å². The zero-order valence-electron chi connectivity index (χ0n) is 6.61. The average Bonchev–Trinajstić information content (AvgIpc) is 2.10. The topological polar surface area (TPSA) is 26.3 Å². The molecule has 0 N–H and O–H groups in total. The maximum Gasteiger partial charge on any atom is 0.339 e. The highest BCUT2D eigenvalue weighted by atomic mass is 127. The molecule has 0 aliphatic carbocycles. The summed E-state index contributed by atoms with van der Waals surface area (Å²) in [5.74, 6) is -1.00. The van der Waals surface area contributed by atoms with Gasteiger partial charge in [0.25, 0.3) is 0 Å². The molecule has 0 heterocycles. The summed E-state index contributed by atoms with van der Waals surface area (Å²) in [6.07, 6.45) is 0. The van der Waals surface area contributed by atoms with Crippen LogP contribution in [-0.4, -0.2) is 13.1 Å². The Balaban J connectivity index is 3.23. The minimum Gasteiger partial charge on any atom is -0.465 e. The Hall–Kier alpha value is -0.170. The van der Waals surface area contributed by atoms with E-state index in [4.69, 9.17) is 0 Å². The number of hydrogen-bond donors (Lipinski definition) is 0. The molecule has 0 aliphatic rings. The van der Waals surface area contributed by atoms with Crippen LogP contribution in [-0.2, 0) is 4.74 Å². The molecule has 1 aromatic carbocycles. The second-order valence-electron chi connectivity index (χ2n) is 2.24. The average molecular weight is 359 g/mol. The minimum absolute atomic E-state index is 0.240. The fraction of sp³-hybridized carbons (Fsp3) is 0.125. The molecule has 0 spiro atoms. The number of hydrogen-bond acceptors (Lipinski definition) is 2. The van der Waals surface area contributed by atoms with Crippen molar-refractivity contribution in [1.82, 2.24) is 0 Å². The van der Waals surface area contributed by atoms with E-state index >= 15 is 0 Å². The van der Waals surface area contributed by atoms with Crippen LogP contribution < -0.4 is 0 Å². The van der Waals surface area contributed by atoms with E-state index in [-0.39, 0.29) is 5.56 Å². The molecule has 0 aromatic heterocycles. The summed E-state index contributed by atoms with van der Waals surface area (Å²) in [5, 5.41) is 0. The van der Waals surface area contributed by atoms with Crippen LogP contribution in [0.2, 0.25) is 0 Å². The molecular formula is C8H5BrFIO2. The van der Waals surface area contributed by atoms with Gasteiger partial charge in [0.1, 0.15) is 5.82 Å². The third-order valence-electron chi connectivity index (χ3n) is 1.42. The van der Waals surface area contributed by atoms with Gasteiger partial charge < -0.3 is 4.74 Å². The third-order valence-corrected chi connectivity index (χ3v) is 2.92. The van der Waals surface area contributed by atoms with E-state index in [0.717, 1.165) is 6.07 Å². The van der Waals surface area contributed by atoms with Crippen LogP contribution >= 0.6 is 38.5 Å². The van der Waals surface area contributed by atoms with Gasteiger partial charge in [-0.15, -0.1) is 0 Å². The van der Waals surface area contributed by atoms with Gasteiger partial charge >= 0.3 is 5.97 Å². The molecule has 0 saturated heterocycles. The summed E-state index contributed by atoms with van der Waals surface area (Å²) in [5.41, 5.74) is 0.240. The predicted molar refractivity (Wildman–Crippen MR) is 58.2 cm³/mol. The first-order chi connectivity index (χ1) is 6.06. The Kier molecular flexibility index (Phi) is 3.66. The van der Waals surface area contributed by atoms with E-state index in [0.29, 0.717) is 8.04 Å². The van der Waals surface area contributed by atoms with Crippen molar-refractivity contribution in [2.75, 3.05) is 7.11 Å². The quantitative estimate of drug-likeness (QED) is 0.438. The van der Waals surface area contributed by atoms with Gasteiger partial charge in [0, 0.05) is 3.57 Å². The summed E-state index contributed by atoms with van der Waals surface area (Å²) in [4.78, 5) is 11.1. The number of rotatable bonds is 1. The number of carbonyl (C=O) groups is 1. The van der Waals surface area contributed by atoms with Crippen LogP contribution in [0.3, 0.4) is 0 Å². The van der Waals surface area contributed by atoms with Gasteiger partial charge in [-0.2, -0.15) is 0 Å². The number of benzene rings is 1. The van der Waals surface area contributed by atoms with Crippen LogP contribution in [0.5, 0.6) is 0 Å². The Morgan fingerprint density at radius 2 is 2.23 bits per heavy atom. The molecule has 1 aromatic rings. The summed E-state index contributed by atoms with van der Waals surface area (Å²) in [6, 6.07) is 2.68. The SMILES string of the molecule is COC(=O)c1cc(F)c(Br)cc1I. The summed E-state index contributed by atoms with van der Waals surface area (Å²) in [7, 11) is 1.26. The van der Waals surface area contributed by atoms with Gasteiger partial charge in [-0.1, -0.05) is 0 Å². The molecule has 70 valence electrons. The van der Waals surface area contributed by atoms with E-state index in [1.54, 1.807) is 0 Å². The lowest BCUT2D eigenvalue weighted by molar-refractivity contribution is 0.0599. The molecule has 0 saturated carbocycles.